The highest BCUT2D eigenvalue weighted by Gasteiger charge is 2.36. The minimum Gasteiger partial charge on any atom is -0.387 e. The van der Waals surface area contributed by atoms with Crippen LogP contribution in [0.2, 0.25) is 0 Å². The Bertz CT molecular complexity index is 610. The molecule has 1 aliphatic rings. The first-order valence-corrected chi connectivity index (χ1v) is 7.26. The fourth-order valence-electron chi connectivity index (χ4n) is 1.84. The van der Waals surface area contributed by atoms with Crippen LogP contribution >= 0.6 is 0 Å². The second-order valence-corrected chi connectivity index (χ2v) is 6.41. The van der Waals surface area contributed by atoms with Gasteiger partial charge in [-0.2, -0.15) is 4.31 Å². The molecule has 0 saturated heterocycles. The van der Waals surface area contributed by atoms with Gasteiger partial charge in [0.25, 0.3) is 5.69 Å². The van der Waals surface area contributed by atoms with Gasteiger partial charge in [-0.25, -0.2) is 8.42 Å². The molecule has 1 fully saturated rings. The molecule has 0 atom stereocenters. The van der Waals surface area contributed by atoms with Crippen LogP contribution < -0.4 is 5.32 Å². The van der Waals surface area contributed by atoms with E-state index >= 15 is 0 Å². The zero-order chi connectivity index (χ0) is 14.2. The summed E-state index contributed by atoms with van der Waals surface area (Å²) >= 11 is 0. The van der Waals surface area contributed by atoms with E-state index in [0.717, 1.165) is 12.8 Å². The van der Waals surface area contributed by atoms with Crippen LogP contribution in [0.3, 0.4) is 0 Å². The number of rotatable bonds is 5. The number of nitrogens with zero attached hydrogens (tertiary/aromatic N) is 2. The Morgan fingerprint density at radius 3 is 2.53 bits per heavy atom. The summed E-state index contributed by atoms with van der Waals surface area (Å²) in [5.74, 6) is 0. The van der Waals surface area contributed by atoms with Crippen molar-refractivity contribution >= 4 is 21.4 Å². The quantitative estimate of drug-likeness (QED) is 0.652. The number of anilines is 1. The monoisotopic (exact) mass is 285 g/mol. The maximum Gasteiger partial charge on any atom is 0.271 e. The van der Waals surface area contributed by atoms with Crippen molar-refractivity contribution in [1.82, 2.24) is 4.31 Å². The van der Waals surface area contributed by atoms with Gasteiger partial charge in [-0.15, -0.1) is 0 Å². The number of hydrogen-bond acceptors (Lipinski definition) is 5. The first-order chi connectivity index (χ1) is 8.87. The average Bonchev–Trinajstić information content (AvgIpc) is 3.21. The first-order valence-electron chi connectivity index (χ1n) is 5.82. The van der Waals surface area contributed by atoms with Crippen molar-refractivity contribution in [2.45, 2.75) is 23.8 Å². The lowest BCUT2D eigenvalue weighted by Gasteiger charge is -2.18. The summed E-state index contributed by atoms with van der Waals surface area (Å²) in [7, 11) is -0.540. The topological polar surface area (TPSA) is 92.5 Å². The number of nitrogens with one attached hydrogen (secondary N) is 1. The van der Waals surface area contributed by atoms with Crippen LogP contribution in [-0.2, 0) is 10.0 Å². The molecule has 0 aliphatic heterocycles. The Morgan fingerprint density at radius 1 is 1.42 bits per heavy atom. The predicted molar refractivity (Wildman–Crippen MR) is 70.6 cm³/mol. The standard InChI is InChI=1S/C11H15N3O4S/c1-12-10-7-9(14(15)16)5-6-11(10)19(17,18)13(2)8-3-4-8/h5-8,12H,3-4H2,1-2H3. The van der Waals surface area contributed by atoms with Crippen molar-refractivity contribution in [2.24, 2.45) is 0 Å². The van der Waals surface area contributed by atoms with Gasteiger partial charge >= 0.3 is 0 Å². The Balaban J connectivity index is 2.46. The van der Waals surface area contributed by atoms with Crippen molar-refractivity contribution in [1.29, 1.82) is 0 Å². The molecule has 1 aliphatic carbocycles. The van der Waals surface area contributed by atoms with Crippen LogP contribution in [0.25, 0.3) is 0 Å². The Morgan fingerprint density at radius 2 is 2.05 bits per heavy atom. The van der Waals surface area contributed by atoms with Gasteiger partial charge < -0.3 is 5.32 Å². The Hall–Kier alpha value is -1.67. The third-order valence-electron chi connectivity index (χ3n) is 3.16. The van der Waals surface area contributed by atoms with Crippen LogP contribution in [0.4, 0.5) is 11.4 Å². The second kappa shape index (κ2) is 4.78. The van der Waals surface area contributed by atoms with E-state index in [1.54, 1.807) is 0 Å². The summed E-state index contributed by atoms with van der Waals surface area (Å²) < 4.78 is 26.1. The number of hydrogen-bond donors (Lipinski definition) is 1. The van der Waals surface area contributed by atoms with E-state index < -0.39 is 14.9 Å². The largest absolute Gasteiger partial charge is 0.387 e. The maximum atomic E-state index is 12.4. The molecule has 0 unspecified atom stereocenters. The summed E-state index contributed by atoms with van der Waals surface area (Å²) in [6.07, 6.45) is 1.72. The zero-order valence-corrected chi connectivity index (χ0v) is 11.5. The normalized spacial score (nSPS) is 15.5. The van der Waals surface area contributed by atoms with E-state index in [9.17, 15) is 18.5 Å². The molecule has 0 aromatic heterocycles. The molecule has 2 rings (SSSR count). The van der Waals surface area contributed by atoms with E-state index in [1.165, 1.54) is 36.6 Å². The second-order valence-electron chi connectivity index (χ2n) is 4.44. The summed E-state index contributed by atoms with van der Waals surface area (Å²) in [4.78, 5) is 10.2. The highest BCUT2D eigenvalue weighted by molar-refractivity contribution is 7.89. The third kappa shape index (κ3) is 2.54. The minimum atomic E-state index is -3.61. The van der Waals surface area contributed by atoms with Gasteiger partial charge in [0, 0.05) is 32.3 Å². The lowest BCUT2D eigenvalue weighted by atomic mass is 10.3. The first kappa shape index (κ1) is 13.8. The summed E-state index contributed by atoms with van der Waals surface area (Å²) in [5, 5.41) is 13.4. The van der Waals surface area contributed by atoms with Gasteiger partial charge in [0.15, 0.2) is 0 Å². The molecule has 1 aromatic rings. The summed E-state index contributed by atoms with van der Waals surface area (Å²) in [5.41, 5.74) is 0.0964. The SMILES string of the molecule is CNc1cc([N+](=O)[O-])ccc1S(=O)(=O)N(C)C1CC1. The van der Waals surface area contributed by atoms with E-state index in [2.05, 4.69) is 5.32 Å². The van der Waals surface area contributed by atoms with Gasteiger partial charge in [0.2, 0.25) is 10.0 Å². The molecular formula is C11H15N3O4S. The lowest BCUT2D eigenvalue weighted by molar-refractivity contribution is -0.384. The van der Waals surface area contributed by atoms with Crippen molar-refractivity contribution in [3.8, 4) is 0 Å². The van der Waals surface area contributed by atoms with Gasteiger partial charge in [-0.05, 0) is 18.9 Å². The summed E-state index contributed by atoms with van der Waals surface area (Å²) in [6, 6.07) is 3.75. The van der Waals surface area contributed by atoms with Crippen molar-refractivity contribution in [3.05, 3.63) is 28.3 Å². The molecule has 0 heterocycles. The fraction of sp³-hybridized carbons (Fsp3) is 0.455. The van der Waals surface area contributed by atoms with Crippen molar-refractivity contribution in [3.63, 3.8) is 0 Å². The number of sulfonamides is 1. The molecule has 19 heavy (non-hydrogen) atoms. The predicted octanol–water partition coefficient (Wildman–Crippen LogP) is 1.42. The number of benzene rings is 1. The number of nitro groups is 1. The molecule has 0 amide bonds. The molecule has 1 N–H and O–H groups in total. The van der Waals surface area contributed by atoms with Crippen LogP contribution in [-0.4, -0.2) is 37.8 Å². The summed E-state index contributed by atoms with van der Waals surface area (Å²) in [6.45, 7) is 0. The fourth-order valence-corrected chi connectivity index (χ4v) is 3.43. The molecule has 104 valence electrons. The number of nitro benzene ring substituents is 1. The van der Waals surface area contributed by atoms with Gasteiger partial charge in [-0.3, -0.25) is 10.1 Å². The minimum absolute atomic E-state index is 0.0462. The van der Waals surface area contributed by atoms with Crippen molar-refractivity contribution in [2.75, 3.05) is 19.4 Å². The van der Waals surface area contributed by atoms with E-state index in [-0.39, 0.29) is 22.3 Å². The lowest BCUT2D eigenvalue weighted by Crippen LogP contribution is -2.29. The molecule has 1 saturated carbocycles. The highest BCUT2D eigenvalue weighted by atomic mass is 32.2. The molecule has 0 spiro atoms. The average molecular weight is 285 g/mol. The van der Waals surface area contributed by atoms with Gasteiger partial charge in [0.1, 0.15) is 4.90 Å². The number of non-ortho nitro benzene ring substituents is 1. The molecule has 0 bridgehead atoms. The maximum absolute atomic E-state index is 12.4. The van der Waals surface area contributed by atoms with E-state index in [0.29, 0.717) is 0 Å². The smallest absolute Gasteiger partial charge is 0.271 e. The van der Waals surface area contributed by atoms with E-state index in [4.69, 9.17) is 0 Å². The van der Waals surface area contributed by atoms with Crippen LogP contribution in [0.1, 0.15) is 12.8 Å². The van der Waals surface area contributed by atoms with E-state index in [1.807, 2.05) is 0 Å². The Labute approximate surface area is 111 Å². The molecule has 8 heteroatoms. The zero-order valence-electron chi connectivity index (χ0n) is 10.7. The Kier molecular flexibility index (Phi) is 3.46. The third-order valence-corrected chi connectivity index (χ3v) is 5.13. The van der Waals surface area contributed by atoms with Gasteiger partial charge in [0.05, 0.1) is 10.6 Å². The molecular weight excluding hydrogens is 270 g/mol. The van der Waals surface area contributed by atoms with Crippen LogP contribution in [0.15, 0.2) is 23.1 Å². The van der Waals surface area contributed by atoms with Gasteiger partial charge in [-0.1, -0.05) is 0 Å². The molecule has 7 nitrogen and oxygen atoms in total. The van der Waals surface area contributed by atoms with Crippen LogP contribution in [0, 0.1) is 10.1 Å². The molecule has 0 radical (unpaired) electrons. The molecule has 1 aromatic carbocycles. The van der Waals surface area contributed by atoms with Crippen molar-refractivity contribution < 1.29 is 13.3 Å². The highest BCUT2D eigenvalue weighted by Crippen LogP contribution is 2.34. The van der Waals surface area contributed by atoms with Crippen LogP contribution in [0.5, 0.6) is 0 Å².